The summed E-state index contributed by atoms with van der Waals surface area (Å²) in [6.07, 6.45) is 2.45. The van der Waals surface area contributed by atoms with Gasteiger partial charge < -0.3 is 4.74 Å². The van der Waals surface area contributed by atoms with E-state index in [1.165, 1.54) is 0 Å². The molecule has 0 amide bonds. The van der Waals surface area contributed by atoms with Crippen LogP contribution >= 0.6 is 11.6 Å². The van der Waals surface area contributed by atoms with Crippen molar-refractivity contribution in [3.05, 3.63) is 59.0 Å². The molecule has 2 heterocycles. The third-order valence-electron chi connectivity index (χ3n) is 2.90. The van der Waals surface area contributed by atoms with Gasteiger partial charge in [-0.1, -0.05) is 29.8 Å². The summed E-state index contributed by atoms with van der Waals surface area (Å²) in [6, 6.07) is 11.4. The van der Waals surface area contributed by atoms with E-state index in [9.17, 15) is 0 Å². The molecule has 4 nitrogen and oxygen atoms in total. The zero-order chi connectivity index (χ0) is 13.2. The van der Waals surface area contributed by atoms with E-state index in [1.807, 2.05) is 42.6 Å². The van der Waals surface area contributed by atoms with Gasteiger partial charge in [-0.3, -0.25) is 0 Å². The monoisotopic (exact) mass is 273 g/mol. The lowest BCUT2D eigenvalue weighted by Crippen LogP contribution is -1.92. The lowest BCUT2D eigenvalue weighted by molar-refractivity contribution is 0.416. The number of ether oxygens (including phenoxy) is 1. The molecule has 0 spiro atoms. The number of nitrogens with zero attached hydrogens (tertiary/aromatic N) is 3. The second-order valence-electron chi connectivity index (χ2n) is 4.14. The van der Waals surface area contributed by atoms with Gasteiger partial charge in [-0.15, -0.1) is 0 Å². The molecule has 0 bridgehead atoms. The second-order valence-corrected chi connectivity index (χ2v) is 4.55. The quantitative estimate of drug-likeness (QED) is 0.736. The Balaban J connectivity index is 2.00. The highest BCUT2D eigenvalue weighted by atomic mass is 35.5. The fraction of sp³-hybridized carbons (Fsp3) is 0.143. The van der Waals surface area contributed by atoms with Crippen LogP contribution < -0.4 is 4.74 Å². The van der Waals surface area contributed by atoms with Crippen molar-refractivity contribution in [3.63, 3.8) is 0 Å². The molecule has 0 fully saturated rings. The maximum absolute atomic E-state index is 6.14. The summed E-state index contributed by atoms with van der Waals surface area (Å²) in [5.74, 6) is 1.43. The Hall–Kier alpha value is -2.07. The first-order valence-corrected chi connectivity index (χ1v) is 6.27. The molecular formula is C14H12ClN3O. The number of halogens is 1. The van der Waals surface area contributed by atoms with Crippen LogP contribution in [0.1, 0.15) is 11.4 Å². The van der Waals surface area contributed by atoms with E-state index < -0.39 is 0 Å². The van der Waals surface area contributed by atoms with Crippen molar-refractivity contribution in [2.75, 3.05) is 7.11 Å². The highest BCUT2D eigenvalue weighted by molar-refractivity contribution is 6.31. The first-order valence-electron chi connectivity index (χ1n) is 5.89. The van der Waals surface area contributed by atoms with Crippen LogP contribution in [0.25, 0.3) is 5.65 Å². The van der Waals surface area contributed by atoms with E-state index in [1.54, 1.807) is 11.6 Å². The molecular weight excluding hydrogens is 262 g/mol. The Kier molecular flexibility index (Phi) is 3.09. The van der Waals surface area contributed by atoms with Gasteiger partial charge in [-0.25, -0.2) is 9.50 Å². The molecule has 0 aliphatic carbocycles. The average molecular weight is 274 g/mol. The number of pyridine rings is 1. The van der Waals surface area contributed by atoms with Gasteiger partial charge in [0.15, 0.2) is 17.2 Å². The lowest BCUT2D eigenvalue weighted by atomic mass is 10.1. The molecule has 0 saturated carbocycles. The fourth-order valence-corrected chi connectivity index (χ4v) is 2.17. The number of rotatable bonds is 3. The molecule has 0 atom stereocenters. The molecule has 96 valence electrons. The van der Waals surface area contributed by atoms with Gasteiger partial charge in [-0.2, -0.15) is 5.10 Å². The second kappa shape index (κ2) is 4.90. The fourth-order valence-electron chi connectivity index (χ4n) is 1.97. The summed E-state index contributed by atoms with van der Waals surface area (Å²) in [5.41, 5.74) is 1.73. The molecule has 1 aromatic carbocycles. The van der Waals surface area contributed by atoms with Crippen LogP contribution in [0.4, 0.5) is 0 Å². The number of fused-ring (bicyclic) bond motifs is 1. The maximum Gasteiger partial charge on any atom is 0.198 e. The van der Waals surface area contributed by atoms with Crippen molar-refractivity contribution in [1.82, 2.24) is 14.6 Å². The molecule has 3 rings (SSSR count). The summed E-state index contributed by atoms with van der Waals surface area (Å²) >= 11 is 6.14. The summed E-state index contributed by atoms with van der Waals surface area (Å²) in [6.45, 7) is 0. The van der Waals surface area contributed by atoms with E-state index in [0.29, 0.717) is 17.8 Å². The predicted molar refractivity (Wildman–Crippen MR) is 73.8 cm³/mol. The largest absolute Gasteiger partial charge is 0.493 e. The van der Waals surface area contributed by atoms with Crippen LogP contribution in [-0.4, -0.2) is 21.7 Å². The van der Waals surface area contributed by atoms with Gasteiger partial charge in [0, 0.05) is 17.6 Å². The summed E-state index contributed by atoms with van der Waals surface area (Å²) in [7, 11) is 1.62. The predicted octanol–water partition coefficient (Wildman–Crippen LogP) is 2.98. The third kappa shape index (κ3) is 2.27. The van der Waals surface area contributed by atoms with Crippen molar-refractivity contribution in [2.45, 2.75) is 6.42 Å². The van der Waals surface area contributed by atoms with Gasteiger partial charge in [0.1, 0.15) is 0 Å². The van der Waals surface area contributed by atoms with Gasteiger partial charge in [0.2, 0.25) is 0 Å². The van der Waals surface area contributed by atoms with Crippen LogP contribution in [-0.2, 0) is 6.42 Å². The summed E-state index contributed by atoms with van der Waals surface area (Å²) < 4.78 is 6.98. The molecule has 3 aromatic rings. The molecule has 0 N–H and O–H groups in total. The SMILES string of the molecule is COc1cccn2nc(Cc3ccccc3Cl)nc12. The van der Waals surface area contributed by atoms with E-state index in [4.69, 9.17) is 16.3 Å². The zero-order valence-electron chi connectivity index (χ0n) is 10.4. The minimum atomic E-state index is 0.602. The minimum Gasteiger partial charge on any atom is -0.493 e. The summed E-state index contributed by atoms with van der Waals surface area (Å²) in [5, 5.41) is 5.15. The van der Waals surface area contributed by atoms with E-state index in [0.717, 1.165) is 16.4 Å². The van der Waals surface area contributed by atoms with Crippen molar-refractivity contribution in [2.24, 2.45) is 0 Å². The maximum atomic E-state index is 6.14. The van der Waals surface area contributed by atoms with Crippen LogP contribution in [0.2, 0.25) is 5.02 Å². The molecule has 0 unspecified atom stereocenters. The van der Waals surface area contributed by atoms with Crippen LogP contribution in [0, 0.1) is 0 Å². The van der Waals surface area contributed by atoms with Crippen molar-refractivity contribution >= 4 is 17.2 Å². The lowest BCUT2D eigenvalue weighted by Gasteiger charge is -1.99. The van der Waals surface area contributed by atoms with Crippen LogP contribution in [0.5, 0.6) is 5.75 Å². The number of aromatic nitrogens is 3. The van der Waals surface area contributed by atoms with Crippen molar-refractivity contribution in [1.29, 1.82) is 0 Å². The average Bonchev–Trinajstić information content (AvgIpc) is 2.83. The molecule has 0 radical (unpaired) electrons. The van der Waals surface area contributed by atoms with Crippen molar-refractivity contribution < 1.29 is 4.74 Å². The highest BCUT2D eigenvalue weighted by Gasteiger charge is 2.10. The number of hydrogen-bond donors (Lipinski definition) is 0. The molecule has 0 aliphatic rings. The first kappa shape index (κ1) is 12.0. The third-order valence-corrected chi connectivity index (χ3v) is 3.27. The molecule has 19 heavy (non-hydrogen) atoms. The topological polar surface area (TPSA) is 39.4 Å². The Morgan fingerprint density at radius 3 is 2.84 bits per heavy atom. The minimum absolute atomic E-state index is 0.602. The Bertz CT molecular complexity index is 724. The van der Waals surface area contributed by atoms with Gasteiger partial charge in [0.05, 0.1) is 7.11 Å². The first-order chi connectivity index (χ1) is 9.28. The van der Waals surface area contributed by atoms with E-state index >= 15 is 0 Å². The standard InChI is InChI=1S/C14H12ClN3O/c1-19-12-7-4-8-18-14(12)16-13(17-18)9-10-5-2-3-6-11(10)15/h2-8H,9H2,1H3. The highest BCUT2D eigenvalue weighted by Crippen LogP contribution is 2.20. The van der Waals surface area contributed by atoms with Crippen LogP contribution in [0.3, 0.4) is 0 Å². The number of benzene rings is 1. The Morgan fingerprint density at radius 2 is 2.05 bits per heavy atom. The normalized spacial score (nSPS) is 10.8. The number of hydrogen-bond acceptors (Lipinski definition) is 3. The summed E-state index contributed by atoms with van der Waals surface area (Å²) in [4.78, 5) is 4.49. The van der Waals surface area contributed by atoms with E-state index in [2.05, 4.69) is 10.1 Å². The van der Waals surface area contributed by atoms with Gasteiger partial charge in [0.25, 0.3) is 0 Å². The van der Waals surface area contributed by atoms with Gasteiger partial charge >= 0.3 is 0 Å². The molecule has 0 saturated heterocycles. The van der Waals surface area contributed by atoms with E-state index in [-0.39, 0.29) is 0 Å². The van der Waals surface area contributed by atoms with Crippen molar-refractivity contribution in [3.8, 4) is 5.75 Å². The Labute approximate surface area is 115 Å². The smallest absolute Gasteiger partial charge is 0.198 e. The Morgan fingerprint density at radius 1 is 1.21 bits per heavy atom. The molecule has 2 aromatic heterocycles. The molecule has 5 heteroatoms. The molecule has 0 aliphatic heterocycles. The zero-order valence-corrected chi connectivity index (χ0v) is 11.1. The van der Waals surface area contributed by atoms with Crippen LogP contribution in [0.15, 0.2) is 42.6 Å². The van der Waals surface area contributed by atoms with Gasteiger partial charge in [-0.05, 0) is 23.8 Å². The number of methoxy groups -OCH3 is 1.